The molecule has 2 aromatic rings. The molecular formula is C23H26ClN3O. The van der Waals surface area contributed by atoms with Crippen LogP contribution in [-0.2, 0) is 5.41 Å². The first kappa shape index (κ1) is 19.0. The van der Waals surface area contributed by atoms with E-state index in [1.54, 1.807) is 12.1 Å². The fourth-order valence-electron chi connectivity index (χ4n) is 4.46. The van der Waals surface area contributed by atoms with Crippen LogP contribution in [0.2, 0.25) is 5.02 Å². The number of halogens is 1. The molecule has 2 aromatic carbocycles. The Morgan fingerprint density at radius 1 is 1.21 bits per heavy atom. The molecule has 2 amide bonds. The van der Waals surface area contributed by atoms with Crippen molar-refractivity contribution in [1.29, 1.82) is 0 Å². The van der Waals surface area contributed by atoms with E-state index in [1.165, 1.54) is 11.1 Å². The smallest absolute Gasteiger partial charge is 0.308 e. The van der Waals surface area contributed by atoms with Gasteiger partial charge < -0.3 is 5.32 Å². The number of aryl methyl sites for hydroxylation is 1. The van der Waals surface area contributed by atoms with Gasteiger partial charge in [-0.1, -0.05) is 35.4 Å². The van der Waals surface area contributed by atoms with Crippen LogP contribution in [-0.4, -0.2) is 37.1 Å². The molecule has 0 atom stereocenters. The van der Waals surface area contributed by atoms with Crippen LogP contribution >= 0.6 is 11.6 Å². The zero-order chi connectivity index (χ0) is 19.7. The Balaban J connectivity index is 1.59. The van der Waals surface area contributed by atoms with Gasteiger partial charge in [0.15, 0.2) is 0 Å². The molecule has 2 aliphatic rings. The van der Waals surface area contributed by atoms with Gasteiger partial charge in [0.1, 0.15) is 0 Å². The molecule has 0 saturated carbocycles. The fraction of sp³-hybridized carbons (Fsp3) is 0.348. The summed E-state index contributed by atoms with van der Waals surface area (Å²) in [5, 5.41) is 3.68. The number of fused-ring (bicyclic) bond motifs is 2. The maximum Gasteiger partial charge on any atom is 0.326 e. The van der Waals surface area contributed by atoms with Gasteiger partial charge in [0, 0.05) is 34.9 Å². The second kappa shape index (κ2) is 7.61. The number of likely N-dealkylation sites (tertiary alicyclic amines) is 1. The number of carbonyl (C=O) groups is 1. The van der Waals surface area contributed by atoms with Crippen molar-refractivity contribution in [2.75, 3.05) is 36.4 Å². The van der Waals surface area contributed by atoms with Crippen molar-refractivity contribution < 1.29 is 4.79 Å². The number of nitrogens with one attached hydrogen (secondary N) is 1. The van der Waals surface area contributed by atoms with Gasteiger partial charge in [0.05, 0.1) is 0 Å². The highest BCUT2D eigenvalue weighted by molar-refractivity contribution is 6.30. The SMILES string of the molecule is C=CCN1CCC2(CC1)CN(C(=O)Nc1ccc(Cl)cc1)c1ccc(C)cc12. The van der Waals surface area contributed by atoms with Gasteiger partial charge in [-0.2, -0.15) is 0 Å². The van der Waals surface area contributed by atoms with Crippen LogP contribution in [0, 0.1) is 6.92 Å². The van der Waals surface area contributed by atoms with Gasteiger partial charge in [-0.3, -0.25) is 9.80 Å². The van der Waals surface area contributed by atoms with E-state index in [4.69, 9.17) is 11.6 Å². The standard InChI is InChI=1S/C23H26ClN3O/c1-3-12-26-13-10-23(11-14-26)16-27(21-9-4-17(2)15-20(21)23)22(28)25-19-7-5-18(24)6-8-19/h3-9,15H,1,10-14,16H2,2H3,(H,25,28). The summed E-state index contributed by atoms with van der Waals surface area (Å²) in [6.45, 7) is 9.71. The lowest BCUT2D eigenvalue weighted by atomic mass is 9.74. The van der Waals surface area contributed by atoms with Gasteiger partial charge in [0.25, 0.3) is 0 Å². The van der Waals surface area contributed by atoms with Gasteiger partial charge in [-0.05, 0) is 68.8 Å². The molecule has 2 aliphatic heterocycles. The Morgan fingerprint density at radius 2 is 1.93 bits per heavy atom. The second-order valence-corrected chi connectivity index (χ2v) is 8.35. The number of piperidine rings is 1. The summed E-state index contributed by atoms with van der Waals surface area (Å²) in [6, 6.07) is 13.6. The van der Waals surface area contributed by atoms with Crippen molar-refractivity contribution in [3.05, 3.63) is 71.3 Å². The zero-order valence-electron chi connectivity index (χ0n) is 16.2. The predicted octanol–water partition coefficient (Wildman–Crippen LogP) is 5.22. The summed E-state index contributed by atoms with van der Waals surface area (Å²) >= 11 is 5.96. The lowest BCUT2D eigenvalue weighted by Gasteiger charge is -2.39. The highest BCUT2D eigenvalue weighted by Crippen LogP contribution is 2.47. The number of nitrogens with zero attached hydrogens (tertiary/aromatic N) is 2. The van der Waals surface area contributed by atoms with Crippen LogP contribution in [0.5, 0.6) is 0 Å². The molecule has 1 N–H and O–H groups in total. The van der Waals surface area contributed by atoms with Gasteiger partial charge in [-0.15, -0.1) is 6.58 Å². The predicted molar refractivity (Wildman–Crippen MR) is 117 cm³/mol. The van der Waals surface area contributed by atoms with Crippen molar-refractivity contribution in [2.45, 2.75) is 25.2 Å². The molecule has 2 heterocycles. The van der Waals surface area contributed by atoms with E-state index in [0.717, 1.165) is 50.4 Å². The normalized spacial score (nSPS) is 18.1. The summed E-state index contributed by atoms with van der Waals surface area (Å²) in [5.41, 5.74) is 4.39. The maximum atomic E-state index is 13.1. The number of benzene rings is 2. The number of amides is 2. The van der Waals surface area contributed by atoms with E-state index in [2.05, 4.69) is 41.9 Å². The number of rotatable bonds is 3. The van der Waals surface area contributed by atoms with Crippen LogP contribution in [0.4, 0.5) is 16.2 Å². The number of anilines is 2. The first-order valence-corrected chi connectivity index (χ1v) is 10.2. The largest absolute Gasteiger partial charge is 0.326 e. The monoisotopic (exact) mass is 395 g/mol. The van der Waals surface area contributed by atoms with Crippen LogP contribution in [0.1, 0.15) is 24.0 Å². The molecule has 5 heteroatoms. The average molecular weight is 396 g/mol. The molecular weight excluding hydrogens is 370 g/mol. The summed E-state index contributed by atoms with van der Waals surface area (Å²) in [6.07, 6.45) is 4.08. The summed E-state index contributed by atoms with van der Waals surface area (Å²) in [4.78, 5) is 17.4. The molecule has 0 unspecified atom stereocenters. The summed E-state index contributed by atoms with van der Waals surface area (Å²) < 4.78 is 0. The number of hydrogen-bond acceptors (Lipinski definition) is 2. The lowest BCUT2D eigenvalue weighted by molar-refractivity contribution is 0.180. The van der Waals surface area contributed by atoms with Crippen molar-refractivity contribution in [1.82, 2.24) is 4.90 Å². The molecule has 0 aliphatic carbocycles. The van der Waals surface area contributed by atoms with Gasteiger partial charge >= 0.3 is 6.03 Å². The molecule has 0 radical (unpaired) electrons. The molecule has 0 bridgehead atoms. The molecule has 1 saturated heterocycles. The Morgan fingerprint density at radius 3 is 2.61 bits per heavy atom. The molecule has 146 valence electrons. The topological polar surface area (TPSA) is 35.6 Å². The third kappa shape index (κ3) is 3.54. The van der Waals surface area contributed by atoms with E-state index in [9.17, 15) is 4.79 Å². The quantitative estimate of drug-likeness (QED) is 0.723. The van der Waals surface area contributed by atoms with Crippen LogP contribution in [0.25, 0.3) is 0 Å². The lowest BCUT2D eigenvalue weighted by Crippen LogP contribution is -2.46. The third-order valence-electron chi connectivity index (χ3n) is 6.02. The van der Waals surface area contributed by atoms with Crippen molar-refractivity contribution in [3.63, 3.8) is 0 Å². The molecule has 28 heavy (non-hydrogen) atoms. The summed E-state index contributed by atoms with van der Waals surface area (Å²) in [5.74, 6) is 0. The molecule has 1 fully saturated rings. The number of urea groups is 1. The van der Waals surface area contributed by atoms with E-state index < -0.39 is 0 Å². The number of hydrogen-bond donors (Lipinski definition) is 1. The zero-order valence-corrected chi connectivity index (χ0v) is 17.0. The van der Waals surface area contributed by atoms with E-state index in [-0.39, 0.29) is 11.4 Å². The maximum absolute atomic E-state index is 13.1. The minimum atomic E-state index is -0.0854. The Kier molecular flexibility index (Phi) is 5.17. The molecule has 4 rings (SSSR count). The van der Waals surface area contributed by atoms with Crippen molar-refractivity contribution in [2.24, 2.45) is 0 Å². The fourth-order valence-corrected chi connectivity index (χ4v) is 4.59. The van der Waals surface area contributed by atoms with Gasteiger partial charge in [-0.25, -0.2) is 4.79 Å². The van der Waals surface area contributed by atoms with Crippen molar-refractivity contribution >= 4 is 29.0 Å². The van der Waals surface area contributed by atoms with Crippen molar-refractivity contribution in [3.8, 4) is 0 Å². The van der Waals surface area contributed by atoms with E-state index in [1.807, 2.05) is 23.1 Å². The third-order valence-corrected chi connectivity index (χ3v) is 6.27. The highest BCUT2D eigenvalue weighted by Gasteiger charge is 2.46. The highest BCUT2D eigenvalue weighted by atomic mass is 35.5. The number of carbonyl (C=O) groups excluding carboxylic acids is 1. The first-order chi connectivity index (χ1) is 13.5. The van der Waals surface area contributed by atoms with Crippen LogP contribution in [0.3, 0.4) is 0 Å². The van der Waals surface area contributed by atoms with Crippen LogP contribution in [0.15, 0.2) is 55.1 Å². The minimum absolute atomic E-state index is 0.0381. The minimum Gasteiger partial charge on any atom is -0.308 e. The average Bonchev–Trinajstić information content (AvgIpc) is 2.99. The Hall–Kier alpha value is -2.30. The second-order valence-electron chi connectivity index (χ2n) is 7.91. The molecule has 1 spiro atoms. The molecule has 4 nitrogen and oxygen atoms in total. The van der Waals surface area contributed by atoms with Gasteiger partial charge in [0.2, 0.25) is 0 Å². The Labute approximate surface area is 171 Å². The van der Waals surface area contributed by atoms with E-state index in [0.29, 0.717) is 5.02 Å². The Bertz CT molecular complexity index is 885. The summed E-state index contributed by atoms with van der Waals surface area (Å²) in [7, 11) is 0. The first-order valence-electron chi connectivity index (χ1n) is 9.79. The van der Waals surface area contributed by atoms with E-state index >= 15 is 0 Å². The van der Waals surface area contributed by atoms with Crippen LogP contribution < -0.4 is 10.2 Å². The molecule has 0 aromatic heterocycles.